The third kappa shape index (κ3) is 4.02. The summed E-state index contributed by atoms with van der Waals surface area (Å²) in [4.78, 5) is 12.3. The number of fused-ring (bicyclic) bond motifs is 1. The van der Waals surface area contributed by atoms with Crippen LogP contribution in [0.3, 0.4) is 0 Å². The predicted octanol–water partition coefficient (Wildman–Crippen LogP) is 5.26. The molecular formula is C21H16ClN3O. The number of nitrogens with zero attached hydrogens (tertiary/aromatic N) is 1. The quantitative estimate of drug-likeness (QED) is 0.492. The van der Waals surface area contributed by atoms with Gasteiger partial charge in [-0.2, -0.15) is 5.26 Å². The lowest BCUT2D eigenvalue weighted by atomic mass is 10.1. The maximum absolute atomic E-state index is 12.3. The topological polar surface area (TPSA) is 64.9 Å². The Bertz CT molecular complexity index is 1050. The number of amides is 1. The predicted molar refractivity (Wildman–Crippen MR) is 106 cm³/mol. The molecule has 3 rings (SSSR count). The Morgan fingerprint density at radius 2 is 1.77 bits per heavy atom. The molecule has 0 aromatic heterocycles. The zero-order valence-corrected chi connectivity index (χ0v) is 14.8. The number of rotatable bonds is 4. The first-order valence-electron chi connectivity index (χ1n) is 8.00. The average molecular weight is 362 g/mol. The Kier molecular flexibility index (Phi) is 5.21. The minimum atomic E-state index is -0.499. The van der Waals surface area contributed by atoms with Crippen molar-refractivity contribution in [3.8, 4) is 6.07 Å². The Morgan fingerprint density at radius 1 is 1.04 bits per heavy atom. The molecule has 0 fully saturated rings. The van der Waals surface area contributed by atoms with Gasteiger partial charge in [0.1, 0.15) is 11.6 Å². The van der Waals surface area contributed by atoms with E-state index in [2.05, 4.69) is 10.6 Å². The molecule has 0 aliphatic carbocycles. The van der Waals surface area contributed by atoms with Gasteiger partial charge in [0.05, 0.1) is 0 Å². The number of aryl methyl sites for hydroxylation is 1. The summed E-state index contributed by atoms with van der Waals surface area (Å²) >= 11 is 6.06. The van der Waals surface area contributed by atoms with Crippen LogP contribution in [0.2, 0.25) is 5.02 Å². The van der Waals surface area contributed by atoms with Gasteiger partial charge in [-0.3, -0.25) is 4.79 Å². The maximum atomic E-state index is 12.3. The molecule has 0 bridgehead atoms. The molecule has 4 nitrogen and oxygen atoms in total. The van der Waals surface area contributed by atoms with Crippen molar-refractivity contribution in [2.24, 2.45) is 0 Å². The Hall–Kier alpha value is -3.29. The Balaban J connectivity index is 1.75. The molecule has 0 saturated heterocycles. The number of carbonyl (C=O) groups excluding carboxylic acids is 1. The largest absolute Gasteiger partial charge is 0.360 e. The molecule has 0 saturated carbocycles. The van der Waals surface area contributed by atoms with Crippen LogP contribution in [0.4, 0.5) is 11.4 Å². The van der Waals surface area contributed by atoms with E-state index in [0.29, 0.717) is 10.7 Å². The van der Waals surface area contributed by atoms with Crippen molar-refractivity contribution in [2.45, 2.75) is 6.92 Å². The van der Waals surface area contributed by atoms with E-state index >= 15 is 0 Å². The molecule has 2 N–H and O–H groups in total. The molecule has 0 heterocycles. The van der Waals surface area contributed by atoms with Crippen molar-refractivity contribution < 1.29 is 4.79 Å². The lowest BCUT2D eigenvalue weighted by Gasteiger charge is -2.07. The molecule has 0 spiro atoms. The number of carbonyl (C=O) groups is 1. The van der Waals surface area contributed by atoms with Crippen LogP contribution in [0.5, 0.6) is 0 Å². The van der Waals surface area contributed by atoms with Gasteiger partial charge in [-0.05, 0) is 47.5 Å². The molecule has 3 aromatic rings. The second-order valence-electron chi connectivity index (χ2n) is 5.79. The van der Waals surface area contributed by atoms with Gasteiger partial charge in [-0.15, -0.1) is 0 Å². The number of nitriles is 1. The van der Waals surface area contributed by atoms with E-state index in [4.69, 9.17) is 11.6 Å². The van der Waals surface area contributed by atoms with Crippen LogP contribution in [0.25, 0.3) is 10.8 Å². The third-order valence-electron chi connectivity index (χ3n) is 3.93. The summed E-state index contributed by atoms with van der Waals surface area (Å²) in [6.45, 7) is 1.88. The van der Waals surface area contributed by atoms with Gasteiger partial charge >= 0.3 is 0 Å². The molecule has 3 aromatic carbocycles. The SMILES string of the molecule is Cc1ccc(NC(=O)/C(C#N)=C\Nc2ccc3ccccc3c2)cc1Cl. The minimum Gasteiger partial charge on any atom is -0.360 e. The number of hydrogen-bond acceptors (Lipinski definition) is 3. The number of halogens is 1. The van der Waals surface area contributed by atoms with Gasteiger partial charge in [0, 0.05) is 22.6 Å². The fourth-order valence-electron chi connectivity index (χ4n) is 2.45. The third-order valence-corrected chi connectivity index (χ3v) is 4.33. The molecule has 128 valence electrons. The van der Waals surface area contributed by atoms with E-state index in [1.54, 1.807) is 18.2 Å². The summed E-state index contributed by atoms with van der Waals surface area (Å²) in [5.41, 5.74) is 2.22. The molecule has 0 unspecified atom stereocenters. The highest BCUT2D eigenvalue weighted by atomic mass is 35.5. The van der Waals surface area contributed by atoms with Crippen molar-refractivity contribution in [1.82, 2.24) is 0 Å². The standard InChI is InChI=1S/C21H16ClN3O/c1-14-6-8-19(11-20(14)22)25-21(26)17(12-23)13-24-18-9-7-15-4-2-3-5-16(15)10-18/h2-11,13,24H,1H3,(H,25,26)/b17-13-. The van der Waals surface area contributed by atoms with Crippen LogP contribution in [-0.4, -0.2) is 5.91 Å². The van der Waals surface area contributed by atoms with E-state index < -0.39 is 5.91 Å². The lowest BCUT2D eigenvalue weighted by molar-refractivity contribution is -0.112. The second kappa shape index (κ2) is 7.73. The molecule has 0 radical (unpaired) electrons. The van der Waals surface area contributed by atoms with Crippen LogP contribution in [0, 0.1) is 18.3 Å². The monoisotopic (exact) mass is 361 g/mol. The molecule has 26 heavy (non-hydrogen) atoms. The molecule has 0 atom stereocenters. The van der Waals surface area contributed by atoms with Crippen LogP contribution >= 0.6 is 11.6 Å². The van der Waals surface area contributed by atoms with Crippen molar-refractivity contribution in [2.75, 3.05) is 10.6 Å². The van der Waals surface area contributed by atoms with E-state index in [-0.39, 0.29) is 5.57 Å². The summed E-state index contributed by atoms with van der Waals surface area (Å²) in [6, 6.07) is 20.9. The first-order valence-corrected chi connectivity index (χ1v) is 8.38. The van der Waals surface area contributed by atoms with Crippen molar-refractivity contribution >= 4 is 39.7 Å². The second-order valence-corrected chi connectivity index (χ2v) is 6.20. The van der Waals surface area contributed by atoms with E-state index in [0.717, 1.165) is 22.0 Å². The normalized spacial score (nSPS) is 11.0. The van der Waals surface area contributed by atoms with Crippen LogP contribution < -0.4 is 10.6 Å². The number of benzene rings is 3. The molecular weight excluding hydrogens is 346 g/mol. The highest BCUT2D eigenvalue weighted by Gasteiger charge is 2.10. The van der Waals surface area contributed by atoms with E-state index in [9.17, 15) is 10.1 Å². The van der Waals surface area contributed by atoms with Crippen molar-refractivity contribution in [3.63, 3.8) is 0 Å². The van der Waals surface area contributed by atoms with Crippen molar-refractivity contribution in [1.29, 1.82) is 5.26 Å². The van der Waals surface area contributed by atoms with Gasteiger partial charge in [-0.1, -0.05) is 48.0 Å². The first-order chi connectivity index (χ1) is 12.6. The lowest BCUT2D eigenvalue weighted by Crippen LogP contribution is -2.14. The highest BCUT2D eigenvalue weighted by molar-refractivity contribution is 6.31. The van der Waals surface area contributed by atoms with E-state index in [1.165, 1.54) is 6.20 Å². The summed E-state index contributed by atoms with van der Waals surface area (Å²) in [6.07, 6.45) is 1.40. The smallest absolute Gasteiger partial charge is 0.267 e. The summed E-state index contributed by atoms with van der Waals surface area (Å²) < 4.78 is 0. The highest BCUT2D eigenvalue weighted by Crippen LogP contribution is 2.21. The summed E-state index contributed by atoms with van der Waals surface area (Å²) in [7, 11) is 0. The number of anilines is 2. The molecule has 0 aliphatic rings. The van der Waals surface area contributed by atoms with Crippen LogP contribution in [0.1, 0.15) is 5.56 Å². The van der Waals surface area contributed by atoms with Gasteiger partial charge < -0.3 is 10.6 Å². The zero-order chi connectivity index (χ0) is 18.5. The van der Waals surface area contributed by atoms with Gasteiger partial charge in [0.25, 0.3) is 5.91 Å². The molecule has 5 heteroatoms. The van der Waals surface area contributed by atoms with E-state index in [1.807, 2.05) is 55.5 Å². The van der Waals surface area contributed by atoms with Gasteiger partial charge in [-0.25, -0.2) is 0 Å². The van der Waals surface area contributed by atoms with Gasteiger partial charge in [0.2, 0.25) is 0 Å². The number of nitrogens with one attached hydrogen (secondary N) is 2. The van der Waals surface area contributed by atoms with Crippen LogP contribution in [0.15, 0.2) is 72.4 Å². The van der Waals surface area contributed by atoms with Crippen LogP contribution in [-0.2, 0) is 4.79 Å². The van der Waals surface area contributed by atoms with Crippen molar-refractivity contribution in [3.05, 3.63) is 83.0 Å². The Labute approximate surface area is 156 Å². The Morgan fingerprint density at radius 3 is 2.50 bits per heavy atom. The summed E-state index contributed by atoms with van der Waals surface area (Å²) in [5, 5.41) is 17.7. The minimum absolute atomic E-state index is 0.0325. The summed E-state index contributed by atoms with van der Waals surface area (Å²) in [5.74, 6) is -0.499. The zero-order valence-electron chi connectivity index (χ0n) is 14.1. The fraction of sp³-hybridized carbons (Fsp3) is 0.0476. The molecule has 1 amide bonds. The fourth-order valence-corrected chi connectivity index (χ4v) is 2.63. The first kappa shape index (κ1) is 17.5. The maximum Gasteiger partial charge on any atom is 0.267 e. The number of hydrogen-bond donors (Lipinski definition) is 2. The average Bonchev–Trinajstić information content (AvgIpc) is 2.65. The molecule has 0 aliphatic heterocycles. The van der Waals surface area contributed by atoms with Gasteiger partial charge in [0.15, 0.2) is 0 Å².